The molecule has 0 bridgehead atoms. The number of rotatable bonds is 4. The average Bonchev–Trinajstić information content (AvgIpc) is 3.26. The molecule has 1 saturated carbocycles. The van der Waals surface area contributed by atoms with E-state index in [-0.39, 0.29) is 23.0 Å². The summed E-state index contributed by atoms with van der Waals surface area (Å²) in [6.45, 7) is 1.74. The molecule has 2 aromatic carbocycles. The quantitative estimate of drug-likeness (QED) is 0.476. The number of H-pyrrole nitrogens is 1. The number of hydrogen-bond donors (Lipinski definition) is 1. The maximum absolute atomic E-state index is 15.3. The van der Waals surface area contributed by atoms with Gasteiger partial charge in [-0.2, -0.15) is 0 Å². The number of hydrogen-bond acceptors (Lipinski definition) is 4. The van der Waals surface area contributed by atoms with Gasteiger partial charge in [0, 0.05) is 22.9 Å². The molecule has 3 heterocycles. The van der Waals surface area contributed by atoms with Crippen molar-refractivity contribution in [3.8, 4) is 11.3 Å². The van der Waals surface area contributed by atoms with E-state index < -0.39 is 23.6 Å². The lowest BCUT2D eigenvalue weighted by atomic mass is 9.78. The van der Waals surface area contributed by atoms with Crippen molar-refractivity contribution in [1.29, 1.82) is 0 Å². The Morgan fingerprint density at radius 2 is 1.90 bits per heavy atom. The van der Waals surface area contributed by atoms with Gasteiger partial charge >= 0.3 is 0 Å². The highest BCUT2D eigenvalue weighted by molar-refractivity contribution is 6.04. The Morgan fingerprint density at radius 1 is 1.13 bits per heavy atom. The van der Waals surface area contributed by atoms with Crippen LogP contribution >= 0.6 is 0 Å². The van der Waals surface area contributed by atoms with Crippen LogP contribution in [0.1, 0.15) is 30.1 Å². The molecule has 0 spiro atoms. The van der Waals surface area contributed by atoms with Crippen molar-refractivity contribution in [2.45, 2.75) is 25.8 Å². The van der Waals surface area contributed by atoms with E-state index in [0.717, 1.165) is 18.4 Å². The molecule has 1 saturated heterocycles. The van der Waals surface area contributed by atoms with Crippen molar-refractivity contribution in [2.24, 2.45) is 11.8 Å². The van der Waals surface area contributed by atoms with Crippen molar-refractivity contribution < 1.29 is 18.1 Å². The molecule has 31 heavy (non-hydrogen) atoms. The SMILES string of the molecule is Cc1cc(-c2cc(F)c([C@H]3C(C4CC4)C(=O)N3c3ccc4[nH]cnc4c3)c(F)c2)on1. The van der Waals surface area contributed by atoms with Crippen LogP contribution in [0.2, 0.25) is 0 Å². The van der Waals surface area contributed by atoms with Crippen LogP contribution in [0, 0.1) is 30.4 Å². The van der Waals surface area contributed by atoms with E-state index in [9.17, 15) is 4.79 Å². The highest BCUT2D eigenvalue weighted by Gasteiger charge is 2.56. The van der Waals surface area contributed by atoms with Crippen LogP contribution < -0.4 is 4.90 Å². The summed E-state index contributed by atoms with van der Waals surface area (Å²) in [7, 11) is 0. The van der Waals surface area contributed by atoms with E-state index in [1.807, 2.05) is 6.07 Å². The Morgan fingerprint density at radius 3 is 2.58 bits per heavy atom. The molecule has 2 aliphatic rings. The molecule has 0 radical (unpaired) electrons. The fraction of sp³-hybridized carbons (Fsp3) is 0.261. The normalized spacial score (nSPS) is 21.0. The fourth-order valence-electron chi connectivity index (χ4n) is 4.60. The topological polar surface area (TPSA) is 75.0 Å². The molecule has 1 aliphatic heterocycles. The van der Waals surface area contributed by atoms with E-state index in [2.05, 4.69) is 15.1 Å². The molecule has 2 fully saturated rings. The summed E-state index contributed by atoms with van der Waals surface area (Å²) in [6, 6.07) is 8.78. The molecule has 6 nitrogen and oxygen atoms in total. The Labute approximate surface area is 175 Å². The third-order valence-corrected chi connectivity index (χ3v) is 6.24. The van der Waals surface area contributed by atoms with Gasteiger partial charge in [0.1, 0.15) is 11.6 Å². The van der Waals surface area contributed by atoms with Crippen LogP contribution in [0.5, 0.6) is 0 Å². The van der Waals surface area contributed by atoms with Crippen molar-refractivity contribution >= 4 is 22.6 Å². The highest BCUT2D eigenvalue weighted by atomic mass is 19.1. The maximum atomic E-state index is 15.3. The molecule has 1 amide bonds. The van der Waals surface area contributed by atoms with Gasteiger partial charge in [-0.15, -0.1) is 0 Å². The third kappa shape index (κ3) is 2.78. The first-order valence-electron chi connectivity index (χ1n) is 10.2. The number of benzene rings is 2. The number of aromatic amines is 1. The Hall–Kier alpha value is -3.55. The largest absolute Gasteiger partial charge is 0.356 e. The molecule has 2 aromatic heterocycles. The van der Waals surface area contributed by atoms with Gasteiger partial charge < -0.3 is 14.4 Å². The lowest BCUT2D eigenvalue weighted by Crippen LogP contribution is -2.56. The van der Waals surface area contributed by atoms with Crippen LogP contribution in [0.4, 0.5) is 14.5 Å². The summed E-state index contributed by atoms with van der Waals surface area (Å²) in [5, 5.41) is 3.78. The second-order valence-electron chi connectivity index (χ2n) is 8.31. The molecule has 4 aromatic rings. The molecule has 8 heteroatoms. The maximum Gasteiger partial charge on any atom is 0.233 e. The zero-order chi connectivity index (χ0) is 21.3. The van der Waals surface area contributed by atoms with Crippen molar-refractivity contribution in [1.82, 2.24) is 15.1 Å². The number of carbonyl (C=O) groups excluding carboxylic acids is 1. The number of imidazole rings is 1. The van der Waals surface area contributed by atoms with Gasteiger partial charge in [0.2, 0.25) is 5.91 Å². The predicted octanol–water partition coefficient (Wildman–Crippen LogP) is 4.92. The first-order valence-corrected chi connectivity index (χ1v) is 10.2. The Balaban J connectivity index is 1.44. The number of fused-ring (bicyclic) bond motifs is 1. The van der Waals surface area contributed by atoms with Crippen molar-refractivity contribution in [3.63, 3.8) is 0 Å². The minimum atomic E-state index is -0.696. The van der Waals surface area contributed by atoms with E-state index >= 15 is 8.78 Å². The Kier molecular flexibility index (Phi) is 3.81. The van der Waals surface area contributed by atoms with Gasteiger partial charge in [0.15, 0.2) is 5.76 Å². The molecule has 6 rings (SSSR count). The second kappa shape index (κ2) is 6.47. The first kappa shape index (κ1) is 18.2. The number of β-lactam (4-membered cyclic amide) rings is 1. The van der Waals surface area contributed by atoms with Crippen molar-refractivity contribution in [2.75, 3.05) is 4.90 Å². The number of nitrogens with zero attached hydrogens (tertiary/aromatic N) is 3. The number of amides is 1. The van der Waals surface area contributed by atoms with Gasteiger partial charge in [-0.25, -0.2) is 13.8 Å². The minimum absolute atomic E-state index is 0.0846. The van der Waals surface area contributed by atoms with Crippen LogP contribution in [-0.2, 0) is 4.79 Å². The summed E-state index contributed by atoms with van der Waals surface area (Å²) >= 11 is 0. The van der Waals surface area contributed by atoms with Gasteiger partial charge in [0.05, 0.1) is 35.0 Å². The van der Waals surface area contributed by atoms with Gasteiger partial charge in [-0.1, -0.05) is 5.16 Å². The lowest BCUT2D eigenvalue weighted by molar-refractivity contribution is -0.131. The number of aryl methyl sites for hydroxylation is 1. The summed E-state index contributed by atoms with van der Waals surface area (Å²) < 4.78 is 35.7. The number of halogens is 2. The second-order valence-corrected chi connectivity index (χ2v) is 8.31. The lowest BCUT2D eigenvalue weighted by Gasteiger charge is -2.48. The molecule has 156 valence electrons. The first-order chi connectivity index (χ1) is 15.0. The predicted molar refractivity (Wildman–Crippen MR) is 109 cm³/mol. The minimum Gasteiger partial charge on any atom is -0.356 e. The van der Waals surface area contributed by atoms with Gasteiger partial charge in [0.25, 0.3) is 0 Å². The number of aromatic nitrogens is 3. The molecule has 1 aliphatic carbocycles. The fourth-order valence-corrected chi connectivity index (χ4v) is 4.60. The van der Waals surface area contributed by atoms with E-state index in [4.69, 9.17) is 4.52 Å². The van der Waals surface area contributed by atoms with E-state index in [0.29, 0.717) is 22.7 Å². The van der Waals surface area contributed by atoms with Crippen LogP contribution in [0.25, 0.3) is 22.4 Å². The smallest absolute Gasteiger partial charge is 0.233 e. The van der Waals surface area contributed by atoms with E-state index in [1.165, 1.54) is 17.0 Å². The molecular weight excluding hydrogens is 402 g/mol. The summed E-state index contributed by atoms with van der Waals surface area (Å²) in [5.74, 6) is -1.45. The number of anilines is 1. The highest BCUT2D eigenvalue weighted by Crippen LogP contribution is 2.55. The van der Waals surface area contributed by atoms with Crippen LogP contribution in [-0.4, -0.2) is 21.0 Å². The third-order valence-electron chi connectivity index (χ3n) is 6.24. The zero-order valence-corrected chi connectivity index (χ0v) is 16.6. The molecule has 1 N–H and O–H groups in total. The summed E-state index contributed by atoms with van der Waals surface area (Å²) in [5.41, 5.74) is 2.92. The zero-order valence-electron chi connectivity index (χ0n) is 16.6. The molecular formula is C23H18F2N4O2. The molecule has 2 atom stereocenters. The van der Waals surface area contributed by atoms with Gasteiger partial charge in [-0.3, -0.25) is 4.79 Å². The number of carbonyl (C=O) groups is 1. The van der Waals surface area contributed by atoms with Gasteiger partial charge in [-0.05, 0) is 56.0 Å². The Bertz CT molecular complexity index is 1320. The van der Waals surface area contributed by atoms with Crippen LogP contribution in [0.15, 0.2) is 47.2 Å². The summed E-state index contributed by atoms with van der Waals surface area (Å²) in [6.07, 6.45) is 3.37. The number of nitrogens with one attached hydrogen (secondary N) is 1. The van der Waals surface area contributed by atoms with Crippen LogP contribution in [0.3, 0.4) is 0 Å². The van der Waals surface area contributed by atoms with Crippen molar-refractivity contribution in [3.05, 3.63) is 65.6 Å². The average molecular weight is 420 g/mol. The summed E-state index contributed by atoms with van der Waals surface area (Å²) in [4.78, 5) is 21.8. The monoisotopic (exact) mass is 420 g/mol. The molecule has 1 unspecified atom stereocenters. The standard InChI is InChI=1S/C23H18F2N4O2/c1-11-6-19(31-28-11)13-7-15(24)21(16(25)8-13)22-20(12-2-3-12)23(30)29(22)14-4-5-17-18(9-14)27-10-26-17/h4-10,12,20,22H,2-3H2,1H3,(H,26,27)/t20?,22-/m1/s1. The van der Waals surface area contributed by atoms with E-state index in [1.54, 1.807) is 31.5 Å².